The van der Waals surface area contributed by atoms with Crippen LogP contribution in [0.4, 0.5) is 0 Å². The van der Waals surface area contributed by atoms with Crippen LogP contribution in [-0.2, 0) is 10.8 Å². The van der Waals surface area contributed by atoms with Crippen molar-refractivity contribution >= 4 is 11.6 Å². The van der Waals surface area contributed by atoms with Gasteiger partial charge >= 0.3 is 0 Å². The molecular formula is C32H38O2. The van der Waals surface area contributed by atoms with Crippen LogP contribution in [0.1, 0.15) is 107 Å². The first kappa shape index (κ1) is 25.6. The van der Waals surface area contributed by atoms with Gasteiger partial charge in [-0.3, -0.25) is 9.59 Å². The molecule has 0 spiro atoms. The van der Waals surface area contributed by atoms with E-state index in [1.165, 1.54) is 11.1 Å². The molecule has 0 saturated heterocycles. The molecule has 0 saturated carbocycles. The van der Waals surface area contributed by atoms with Crippen molar-refractivity contribution in [2.75, 3.05) is 0 Å². The van der Waals surface area contributed by atoms with Crippen molar-refractivity contribution < 1.29 is 9.59 Å². The van der Waals surface area contributed by atoms with Crippen molar-refractivity contribution in [1.29, 1.82) is 0 Å². The minimum atomic E-state index is -0.00338. The van der Waals surface area contributed by atoms with Crippen molar-refractivity contribution in [3.63, 3.8) is 0 Å². The van der Waals surface area contributed by atoms with E-state index in [-0.39, 0.29) is 22.4 Å². The Morgan fingerprint density at radius 3 is 0.941 bits per heavy atom. The maximum Gasteiger partial charge on any atom is 0.193 e. The van der Waals surface area contributed by atoms with Gasteiger partial charge in [-0.25, -0.2) is 0 Å². The summed E-state index contributed by atoms with van der Waals surface area (Å²) in [5.74, 6) is -0.00676. The highest BCUT2D eigenvalue weighted by molar-refractivity contribution is 6.13. The van der Waals surface area contributed by atoms with E-state index < -0.39 is 0 Å². The first-order valence-electron chi connectivity index (χ1n) is 12.0. The lowest BCUT2D eigenvalue weighted by molar-refractivity contribution is 0.102. The zero-order chi connectivity index (χ0) is 25.6. The maximum atomic E-state index is 13.4. The van der Waals surface area contributed by atoms with Crippen molar-refractivity contribution in [1.82, 2.24) is 0 Å². The third-order valence-corrected chi connectivity index (χ3v) is 6.66. The highest BCUT2D eigenvalue weighted by atomic mass is 16.1. The van der Waals surface area contributed by atoms with Crippen LogP contribution in [0.15, 0.2) is 48.5 Å². The number of rotatable bonds is 4. The van der Waals surface area contributed by atoms with Crippen LogP contribution in [0.25, 0.3) is 0 Å². The molecule has 0 aliphatic heterocycles. The van der Waals surface area contributed by atoms with Crippen LogP contribution in [-0.4, -0.2) is 11.6 Å². The van der Waals surface area contributed by atoms with Gasteiger partial charge in [-0.1, -0.05) is 90.1 Å². The molecule has 178 valence electrons. The van der Waals surface area contributed by atoms with Gasteiger partial charge in [0.15, 0.2) is 11.6 Å². The van der Waals surface area contributed by atoms with Gasteiger partial charge < -0.3 is 0 Å². The Balaban J connectivity index is 1.93. The SMILES string of the molecule is Cc1cc(C(C)(C)C)cc(C)c1C(=O)c1ccc(C(=O)c2c(C)cc(C(C)(C)C)cc2C)cc1. The van der Waals surface area contributed by atoms with E-state index in [1.54, 1.807) is 24.3 Å². The fourth-order valence-corrected chi connectivity index (χ4v) is 4.57. The Kier molecular flexibility index (Phi) is 6.77. The van der Waals surface area contributed by atoms with E-state index in [0.717, 1.165) is 33.4 Å². The minimum absolute atomic E-state index is 0.00338. The van der Waals surface area contributed by atoms with Gasteiger partial charge in [-0.2, -0.15) is 0 Å². The molecule has 0 N–H and O–H groups in total. The first-order chi connectivity index (χ1) is 15.6. The molecule has 0 aliphatic rings. The highest BCUT2D eigenvalue weighted by Gasteiger charge is 2.22. The van der Waals surface area contributed by atoms with Crippen molar-refractivity contribution in [2.45, 2.75) is 80.1 Å². The summed E-state index contributed by atoms with van der Waals surface area (Å²) >= 11 is 0. The quantitative estimate of drug-likeness (QED) is 0.375. The average molecular weight is 455 g/mol. The number of hydrogen-bond donors (Lipinski definition) is 0. The van der Waals surface area contributed by atoms with E-state index in [9.17, 15) is 9.59 Å². The van der Waals surface area contributed by atoms with E-state index >= 15 is 0 Å². The molecule has 0 radical (unpaired) electrons. The number of hydrogen-bond acceptors (Lipinski definition) is 2. The molecule has 3 rings (SSSR count). The van der Waals surface area contributed by atoms with Crippen molar-refractivity contribution in [3.05, 3.63) is 104 Å². The van der Waals surface area contributed by atoms with Gasteiger partial charge in [-0.05, 0) is 71.9 Å². The molecule has 0 unspecified atom stereocenters. The predicted molar refractivity (Wildman–Crippen MR) is 143 cm³/mol. The molecule has 0 amide bonds. The molecule has 3 aromatic rings. The molecule has 0 atom stereocenters. The summed E-state index contributed by atoms with van der Waals surface area (Å²) < 4.78 is 0. The maximum absolute atomic E-state index is 13.4. The molecule has 3 aromatic carbocycles. The molecule has 0 heterocycles. The van der Waals surface area contributed by atoms with Gasteiger partial charge in [0.2, 0.25) is 0 Å². The Morgan fingerprint density at radius 1 is 0.500 bits per heavy atom. The number of carbonyl (C=O) groups is 2. The largest absolute Gasteiger partial charge is 0.289 e. The third-order valence-electron chi connectivity index (χ3n) is 6.66. The van der Waals surface area contributed by atoms with Crippen molar-refractivity contribution in [3.8, 4) is 0 Å². The minimum Gasteiger partial charge on any atom is -0.289 e. The summed E-state index contributed by atoms with van der Waals surface area (Å²) in [4.78, 5) is 26.7. The Bertz CT molecular complexity index is 1110. The van der Waals surface area contributed by atoms with Gasteiger partial charge in [0.1, 0.15) is 0 Å². The molecule has 0 aliphatic carbocycles. The lowest BCUT2D eigenvalue weighted by Gasteiger charge is -2.22. The lowest BCUT2D eigenvalue weighted by atomic mass is 9.82. The molecule has 0 bridgehead atoms. The lowest BCUT2D eigenvalue weighted by Crippen LogP contribution is -2.15. The zero-order valence-electron chi connectivity index (χ0n) is 22.4. The second-order valence-corrected chi connectivity index (χ2v) is 11.7. The van der Waals surface area contributed by atoms with Crippen LogP contribution in [0.5, 0.6) is 0 Å². The fraction of sp³-hybridized carbons (Fsp3) is 0.375. The van der Waals surface area contributed by atoms with Gasteiger partial charge in [-0.15, -0.1) is 0 Å². The summed E-state index contributed by atoms with van der Waals surface area (Å²) in [6.07, 6.45) is 0. The summed E-state index contributed by atoms with van der Waals surface area (Å²) in [5.41, 5.74) is 9.15. The van der Waals surface area contributed by atoms with Crippen LogP contribution in [0, 0.1) is 27.7 Å². The van der Waals surface area contributed by atoms with E-state index in [4.69, 9.17) is 0 Å². The van der Waals surface area contributed by atoms with E-state index in [0.29, 0.717) is 11.1 Å². The summed E-state index contributed by atoms with van der Waals surface area (Å²) in [6, 6.07) is 15.6. The summed E-state index contributed by atoms with van der Waals surface area (Å²) in [6.45, 7) is 21.1. The highest BCUT2D eigenvalue weighted by Crippen LogP contribution is 2.30. The Morgan fingerprint density at radius 2 is 0.735 bits per heavy atom. The van der Waals surface area contributed by atoms with Crippen LogP contribution in [0.3, 0.4) is 0 Å². The summed E-state index contributed by atoms with van der Waals surface area (Å²) in [5, 5.41) is 0. The van der Waals surface area contributed by atoms with Gasteiger partial charge in [0.25, 0.3) is 0 Å². The molecule has 0 aromatic heterocycles. The Labute approximate surface area is 205 Å². The first-order valence-corrected chi connectivity index (χ1v) is 12.0. The predicted octanol–water partition coefficient (Wildman–Crippen LogP) is 7.98. The van der Waals surface area contributed by atoms with Crippen molar-refractivity contribution in [2.24, 2.45) is 0 Å². The third kappa shape index (κ3) is 5.06. The van der Waals surface area contributed by atoms with E-state index in [1.807, 2.05) is 27.7 Å². The molecule has 34 heavy (non-hydrogen) atoms. The van der Waals surface area contributed by atoms with Crippen LogP contribution >= 0.6 is 0 Å². The van der Waals surface area contributed by atoms with Gasteiger partial charge in [0, 0.05) is 22.3 Å². The van der Waals surface area contributed by atoms with Gasteiger partial charge in [0.05, 0.1) is 0 Å². The van der Waals surface area contributed by atoms with Crippen LogP contribution in [0.2, 0.25) is 0 Å². The Hall–Kier alpha value is -3.00. The normalized spacial score (nSPS) is 12.1. The second kappa shape index (κ2) is 8.98. The molecule has 0 fully saturated rings. The smallest absolute Gasteiger partial charge is 0.193 e. The molecule has 2 heteroatoms. The molecular weight excluding hydrogens is 416 g/mol. The standard InChI is InChI=1S/C32H38O2/c1-19-15-25(31(5,6)7)16-20(2)27(19)29(33)23-11-13-24(14-12-23)30(34)28-21(3)17-26(18-22(28)4)32(8,9)10/h11-18H,1-10H3. The zero-order valence-corrected chi connectivity index (χ0v) is 22.4. The number of benzene rings is 3. The fourth-order valence-electron chi connectivity index (χ4n) is 4.57. The van der Waals surface area contributed by atoms with Crippen LogP contribution < -0.4 is 0 Å². The monoisotopic (exact) mass is 454 g/mol. The summed E-state index contributed by atoms with van der Waals surface area (Å²) in [7, 11) is 0. The second-order valence-electron chi connectivity index (χ2n) is 11.7. The molecule has 2 nitrogen and oxygen atoms in total. The number of ketones is 2. The number of carbonyl (C=O) groups excluding carboxylic acids is 2. The topological polar surface area (TPSA) is 34.1 Å². The van der Waals surface area contributed by atoms with E-state index in [2.05, 4.69) is 65.8 Å². The average Bonchev–Trinajstić information content (AvgIpc) is 2.71. The number of aryl methyl sites for hydroxylation is 4.